The predicted molar refractivity (Wildman–Crippen MR) is 61.8 cm³/mol. The molecule has 0 bridgehead atoms. The Balaban J connectivity index is 2.26. The van der Waals surface area contributed by atoms with Crippen LogP contribution in [0.2, 0.25) is 0 Å². The van der Waals surface area contributed by atoms with Gasteiger partial charge in [0, 0.05) is 19.3 Å². The van der Waals surface area contributed by atoms with Gasteiger partial charge in [-0.1, -0.05) is 0 Å². The monoisotopic (exact) mass is 236 g/mol. The van der Waals surface area contributed by atoms with Crippen LogP contribution in [-0.4, -0.2) is 39.0 Å². The lowest BCUT2D eigenvalue weighted by atomic mass is 10.2. The molecule has 0 unspecified atom stereocenters. The van der Waals surface area contributed by atoms with Crippen molar-refractivity contribution < 1.29 is 14.7 Å². The molecule has 1 aliphatic heterocycles. The maximum atomic E-state index is 12.2. The number of carbonyl (C=O) groups is 2. The third-order valence-electron chi connectivity index (χ3n) is 3.39. The van der Waals surface area contributed by atoms with Crippen LogP contribution >= 0.6 is 0 Å². The third-order valence-corrected chi connectivity index (χ3v) is 3.39. The fraction of sp³-hybridized carbons (Fsp3) is 0.500. The summed E-state index contributed by atoms with van der Waals surface area (Å²) in [5.41, 5.74) is 1.54. The van der Waals surface area contributed by atoms with E-state index in [1.165, 1.54) is 4.90 Å². The molecule has 1 aromatic heterocycles. The van der Waals surface area contributed by atoms with E-state index in [2.05, 4.69) is 0 Å². The minimum Gasteiger partial charge on any atom is -0.480 e. The van der Waals surface area contributed by atoms with Crippen molar-refractivity contribution in [3.8, 4) is 0 Å². The van der Waals surface area contributed by atoms with Crippen molar-refractivity contribution in [3.05, 3.63) is 23.5 Å². The Hall–Kier alpha value is -1.78. The molecule has 1 aromatic rings. The van der Waals surface area contributed by atoms with E-state index in [1.807, 2.05) is 20.0 Å². The van der Waals surface area contributed by atoms with Crippen molar-refractivity contribution >= 4 is 11.9 Å². The molecule has 0 aliphatic carbocycles. The number of amides is 1. The lowest BCUT2D eigenvalue weighted by Crippen LogP contribution is -2.41. The molecular formula is C12H16N2O3. The molecule has 1 saturated heterocycles. The Morgan fingerprint density at radius 1 is 1.41 bits per heavy atom. The summed E-state index contributed by atoms with van der Waals surface area (Å²) in [5.74, 6) is -1.10. The van der Waals surface area contributed by atoms with E-state index < -0.39 is 12.0 Å². The Morgan fingerprint density at radius 2 is 2.12 bits per heavy atom. The highest BCUT2D eigenvalue weighted by molar-refractivity contribution is 5.95. The molecule has 5 heteroatoms. The van der Waals surface area contributed by atoms with Crippen LogP contribution in [0.25, 0.3) is 0 Å². The van der Waals surface area contributed by atoms with Gasteiger partial charge in [-0.3, -0.25) is 4.79 Å². The second-order valence-electron chi connectivity index (χ2n) is 4.41. The van der Waals surface area contributed by atoms with E-state index in [0.717, 1.165) is 12.1 Å². The highest BCUT2D eigenvalue weighted by Crippen LogP contribution is 2.20. The zero-order valence-electron chi connectivity index (χ0n) is 10.0. The van der Waals surface area contributed by atoms with Crippen LogP contribution in [0.1, 0.15) is 29.0 Å². The van der Waals surface area contributed by atoms with Crippen LogP contribution < -0.4 is 0 Å². The molecule has 17 heavy (non-hydrogen) atoms. The third kappa shape index (κ3) is 1.92. The molecule has 1 atom stereocenters. The van der Waals surface area contributed by atoms with Gasteiger partial charge in [-0.15, -0.1) is 0 Å². The van der Waals surface area contributed by atoms with Crippen molar-refractivity contribution in [2.24, 2.45) is 7.05 Å². The number of aliphatic carboxylic acids is 1. The van der Waals surface area contributed by atoms with Gasteiger partial charge in [0.25, 0.3) is 5.91 Å². The van der Waals surface area contributed by atoms with Crippen molar-refractivity contribution in [1.82, 2.24) is 9.47 Å². The largest absolute Gasteiger partial charge is 0.480 e. The Kier molecular flexibility index (Phi) is 2.92. The molecule has 0 spiro atoms. The number of aromatic nitrogens is 1. The first-order chi connectivity index (χ1) is 8.02. The fourth-order valence-corrected chi connectivity index (χ4v) is 2.24. The van der Waals surface area contributed by atoms with Crippen LogP contribution in [0.5, 0.6) is 0 Å². The summed E-state index contributed by atoms with van der Waals surface area (Å²) in [4.78, 5) is 24.7. The fourth-order valence-electron chi connectivity index (χ4n) is 2.24. The minimum absolute atomic E-state index is 0.189. The summed E-state index contributed by atoms with van der Waals surface area (Å²) in [6.45, 7) is 2.44. The highest BCUT2D eigenvalue weighted by atomic mass is 16.4. The van der Waals surface area contributed by atoms with E-state index in [-0.39, 0.29) is 5.91 Å². The number of carbonyl (C=O) groups excluding carboxylic acids is 1. The summed E-state index contributed by atoms with van der Waals surface area (Å²) in [5, 5.41) is 9.05. The molecule has 1 aliphatic rings. The van der Waals surface area contributed by atoms with Gasteiger partial charge in [-0.2, -0.15) is 0 Å². The number of hydrogen-bond acceptors (Lipinski definition) is 2. The molecule has 92 valence electrons. The van der Waals surface area contributed by atoms with E-state index in [1.54, 1.807) is 10.6 Å². The molecule has 0 radical (unpaired) electrons. The summed E-state index contributed by atoms with van der Waals surface area (Å²) in [6, 6.07) is 2.94. The number of rotatable bonds is 2. The van der Waals surface area contributed by atoms with Gasteiger partial charge in [-0.05, 0) is 31.9 Å². The van der Waals surface area contributed by atoms with Gasteiger partial charge in [-0.25, -0.2) is 4.79 Å². The van der Waals surface area contributed by atoms with Gasteiger partial charge in [0.15, 0.2) is 0 Å². The lowest BCUT2D eigenvalue weighted by molar-refractivity contribution is -0.141. The van der Waals surface area contributed by atoms with Crippen molar-refractivity contribution in [2.45, 2.75) is 25.8 Å². The normalized spacial score (nSPS) is 19.6. The van der Waals surface area contributed by atoms with Crippen LogP contribution in [0.4, 0.5) is 0 Å². The number of hydrogen-bond donors (Lipinski definition) is 1. The highest BCUT2D eigenvalue weighted by Gasteiger charge is 2.35. The van der Waals surface area contributed by atoms with E-state index in [4.69, 9.17) is 5.11 Å². The average Bonchev–Trinajstić information content (AvgIpc) is 2.87. The Morgan fingerprint density at radius 3 is 2.65 bits per heavy atom. The van der Waals surface area contributed by atoms with Crippen molar-refractivity contribution in [1.29, 1.82) is 0 Å². The quantitative estimate of drug-likeness (QED) is 0.834. The molecule has 2 heterocycles. The molecule has 5 nitrogen and oxygen atoms in total. The van der Waals surface area contributed by atoms with Gasteiger partial charge >= 0.3 is 5.97 Å². The van der Waals surface area contributed by atoms with Crippen LogP contribution in [-0.2, 0) is 11.8 Å². The second-order valence-corrected chi connectivity index (χ2v) is 4.41. The molecule has 1 N–H and O–H groups in total. The zero-order valence-corrected chi connectivity index (χ0v) is 10.0. The topological polar surface area (TPSA) is 62.5 Å². The first-order valence-electron chi connectivity index (χ1n) is 5.68. The molecule has 1 amide bonds. The molecule has 0 aromatic carbocycles. The van der Waals surface area contributed by atoms with Crippen LogP contribution in [0.15, 0.2) is 12.1 Å². The smallest absolute Gasteiger partial charge is 0.326 e. The summed E-state index contributed by atoms with van der Waals surface area (Å²) < 4.78 is 1.79. The Bertz CT molecular complexity index is 464. The summed E-state index contributed by atoms with van der Waals surface area (Å²) in [6.07, 6.45) is 1.30. The van der Waals surface area contributed by atoms with E-state index in [9.17, 15) is 9.59 Å². The molecule has 1 fully saturated rings. The van der Waals surface area contributed by atoms with Gasteiger partial charge in [0.05, 0.1) is 0 Å². The van der Waals surface area contributed by atoms with Gasteiger partial charge in [0.1, 0.15) is 11.7 Å². The van der Waals surface area contributed by atoms with Crippen LogP contribution in [0.3, 0.4) is 0 Å². The maximum absolute atomic E-state index is 12.2. The number of likely N-dealkylation sites (tertiary alicyclic amines) is 1. The van der Waals surface area contributed by atoms with Gasteiger partial charge in [0.2, 0.25) is 0 Å². The summed E-state index contributed by atoms with van der Waals surface area (Å²) in [7, 11) is 1.81. The van der Waals surface area contributed by atoms with Crippen LogP contribution in [0, 0.1) is 6.92 Å². The second kappa shape index (κ2) is 4.24. The van der Waals surface area contributed by atoms with E-state index in [0.29, 0.717) is 18.7 Å². The SMILES string of the molecule is Cc1ccc(C(=O)N2CCC[C@@H]2C(=O)O)n1C. The zero-order chi connectivity index (χ0) is 12.6. The average molecular weight is 236 g/mol. The molecule has 2 rings (SSSR count). The number of aryl methyl sites for hydroxylation is 1. The maximum Gasteiger partial charge on any atom is 0.326 e. The molecular weight excluding hydrogens is 220 g/mol. The standard InChI is InChI=1S/C12H16N2O3/c1-8-5-6-9(13(8)2)11(15)14-7-3-4-10(14)12(16)17/h5-6,10H,3-4,7H2,1-2H3,(H,16,17)/t10-/m1/s1. The number of carboxylic acid groups (broad SMARTS) is 1. The van der Waals surface area contributed by atoms with E-state index >= 15 is 0 Å². The van der Waals surface area contributed by atoms with Gasteiger partial charge < -0.3 is 14.6 Å². The lowest BCUT2D eigenvalue weighted by Gasteiger charge is -2.21. The van der Waals surface area contributed by atoms with Crippen molar-refractivity contribution in [3.63, 3.8) is 0 Å². The predicted octanol–water partition coefficient (Wildman–Crippen LogP) is 1.02. The number of carboxylic acids is 1. The Labute approximate surface area is 99.6 Å². The molecule has 0 saturated carbocycles. The minimum atomic E-state index is -0.915. The van der Waals surface area contributed by atoms with Crippen molar-refractivity contribution in [2.75, 3.05) is 6.54 Å². The summed E-state index contributed by atoms with van der Waals surface area (Å²) >= 11 is 0. The first kappa shape index (κ1) is 11.7. The number of nitrogens with zero attached hydrogens (tertiary/aromatic N) is 2. The first-order valence-corrected chi connectivity index (χ1v) is 5.68.